The second-order valence-electron chi connectivity index (χ2n) is 6.26. The molecule has 0 bridgehead atoms. The molecular weight excluding hydrogens is 268 g/mol. The van der Waals surface area contributed by atoms with Gasteiger partial charge in [-0.1, -0.05) is 70.1 Å². The summed E-state index contributed by atoms with van der Waals surface area (Å²) in [5.74, 6) is 1.40. The van der Waals surface area contributed by atoms with E-state index in [0.717, 1.165) is 6.42 Å². The molecule has 0 radical (unpaired) electrons. The molecule has 0 saturated heterocycles. The van der Waals surface area contributed by atoms with Crippen LogP contribution in [0.5, 0.6) is 0 Å². The van der Waals surface area contributed by atoms with E-state index in [1.54, 1.807) is 0 Å². The van der Waals surface area contributed by atoms with Crippen LogP contribution < -0.4 is 4.57 Å². The summed E-state index contributed by atoms with van der Waals surface area (Å²) in [6.07, 6.45) is 16.5. The summed E-state index contributed by atoms with van der Waals surface area (Å²) in [6, 6.07) is 10.6. The van der Waals surface area contributed by atoms with E-state index in [2.05, 4.69) is 65.8 Å². The molecule has 2 nitrogen and oxygen atoms in total. The molecule has 1 aromatic heterocycles. The van der Waals surface area contributed by atoms with Crippen molar-refractivity contribution >= 4 is 0 Å². The Morgan fingerprint density at radius 3 is 2.18 bits per heavy atom. The van der Waals surface area contributed by atoms with Crippen LogP contribution in [0.3, 0.4) is 0 Å². The summed E-state index contributed by atoms with van der Waals surface area (Å²) < 4.78 is 4.58. The smallest absolute Gasteiger partial charge is 0.237 e. The normalized spacial score (nSPS) is 11.0. The van der Waals surface area contributed by atoms with Gasteiger partial charge in [-0.05, 0) is 18.6 Å². The lowest BCUT2D eigenvalue weighted by Crippen LogP contribution is -2.31. The Bertz CT molecular complexity index is 528. The summed E-state index contributed by atoms with van der Waals surface area (Å²) in [4.78, 5) is 0. The van der Waals surface area contributed by atoms with Crippen LogP contribution >= 0.6 is 0 Å². The van der Waals surface area contributed by atoms with Crippen molar-refractivity contribution in [3.8, 4) is 5.69 Å². The van der Waals surface area contributed by atoms with Crippen LogP contribution in [0.1, 0.15) is 64.1 Å². The first kappa shape index (κ1) is 16.8. The zero-order valence-corrected chi connectivity index (χ0v) is 14.3. The number of rotatable bonds is 10. The Hall–Kier alpha value is -1.57. The number of para-hydroxylation sites is 1. The SMILES string of the molecule is CCCCCCCCCCc1n(-c2ccccc2)cc[n+]1C. The maximum atomic E-state index is 2.32. The molecule has 0 spiro atoms. The third kappa shape index (κ3) is 5.01. The molecule has 22 heavy (non-hydrogen) atoms. The van der Waals surface area contributed by atoms with Gasteiger partial charge in [-0.15, -0.1) is 0 Å². The Morgan fingerprint density at radius 1 is 0.864 bits per heavy atom. The molecule has 0 unspecified atom stereocenters. The first-order valence-corrected chi connectivity index (χ1v) is 8.94. The highest BCUT2D eigenvalue weighted by Gasteiger charge is 2.15. The van der Waals surface area contributed by atoms with Crippen molar-refractivity contribution in [1.82, 2.24) is 4.57 Å². The molecule has 1 aromatic carbocycles. The molecule has 0 aliphatic rings. The van der Waals surface area contributed by atoms with Crippen molar-refractivity contribution in [2.75, 3.05) is 0 Å². The van der Waals surface area contributed by atoms with E-state index in [1.165, 1.54) is 62.9 Å². The molecule has 2 rings (SSSR count). The topological polar surface area (TPSA) is 8.81 Å². The van der Waals surface area contributed by atoms with Crippen LogP contribution in [0.25, 0.3) is 5.69 Å². The van der Waals surface area contributed by atoms with E-state index < -0.39 is 0 Å². The lowest BCUT2D eigenvalue weighted by atomic mass is 10.1. The third-order valence-corrected chi connectivity index (χ3v) is 4.41. The van der Waals surface area contributed by atoms with Crippen molar-refractivity contribution in [3.05, 3.63) is 48.5 Å². The molecule has 0 saturated carbocycles. The number of nitrogens with zero attached hydrogens (tertiary/aromatic N) is 2. The first-order chi connectivity index (χ1) is 10.8. The van der Waals surface area contributed by atoms with Crippen LogP contribution in [0.2, 0.25) is 0 Å². The van der Waals surface area contributed by atoms with E-state index in [-0.39, 0.29) is 0 Å². The van der Waals surface area contributed by atoms with Gasteiger partial charge < -0.3 is 0 Å². The average molecular weight is 299 g/mol. The molecule has 0 aliphatic heterocycles. The minimum Gasteiger partial charge on any atom is -0.237 e. The van der Waals surface area contributed by atoms with E-state index in [0.29, 0.717) is 0 Å². The summed E-state index contributed by atoms with van der Waals surface area (Å²) in [7, 11) is 2.15. The Balaban J connectivity index is 1.78. The Labute approximate surface area is 135 Å². The van der Waals surface area contributed by atoms with Crippen molar-refractivity contribution < 1.29 is 4.57 Å². The van der Waals surface area contributed by atoms with Crippen LogP contribution in [0.4, 0.5) is 0 Å². The first-order valence-electron chi connectivity index (χ1n) is 8.94. The van der Waals surface area contributed by atoms with Crippen LogP contribution in [0.15, 0.2) is 42.7 Å². The monoisotopic (exact) mass is 299 g/mol. The molecule has 0 atom stereocenters. The van der Waals surface area contributed by atoms with E-state index >= 15 is 0 Å². The number of aryl methyl sites for hydroxylation is 1. The summed E-state index contributed by atoms with van der Waals surface area (Å²) in [6.45, 7) is 2.28. The second kappa shape index (κ2) is 9.45. The molecule has 0 N–H and O–H groups in total. The number of unbranched alkanes of at least 4 members (excludes halogenated alkanes) is 7. The van der Waals surface area contributed by atoms with Gasteiger partial charge in [0.1, 0.15) is 18.1 Å². The quantitative estimate of drug-likeness (QED) is 0.432. The number of benzene rings is 1. The fraction of sp³-hybridized carbons (Fsp3) is 0.550. The van der Waals surface area contributed by atoms with Gasteiger partial charge >= 0.3 is 0 Å². The number of hydrogen-bond donors (Lipinski definition) is 0. The maximum absolute atomic E-state index is 2.32. The highest BCUT2D eigenvalue weighted by Crippen LogP contribution is 2.13. The van der Waals surface area contributed by atoms with Gasteiger partial charge in [-0.25, -0.2) is 4.57 Å². The average Bonchev–Trinajstić information content (AvgIpc) is 2.92. The molecule has 120 valence electrons. The fourth-order valence-electron chi connectivity index (χ4n) is 3.05. The van der Waals surface area contributed by atoms with E-state index in [9.17, 15) is 0 Å². The Kier molecular flexibility index (Phi) is 7.21. The molecule has 2 heteroatoms. The van der Waals surface area contributed by atoms with Crippen LogP contribution in [0, 0.1) is 0 Å². The van der Waals surface area contributed by atoms with E-state index in [4.69, 9.17) is 0 Å². The molecule has 2 aromatic rings. The van der Waals surface area contributed by atoms with Gasteiger partial charge in [0.25, 0.3) is 5.82 Å². The van der Waals surface area contributed by atoms with Crippen molar-refractivity contribution in [2.45, 2.75) is 64.7 Å². The molecular formula is C20H31N2+. The largest absolute Gasteiger partial charge is 0.261 e. The highest BCUT2D eigenvalue weighted by molar-refractivity contribution is 5.31. The van der Waals surface area contributed by atoms with Gasteiger partial charge in [-0.3, -0.25) is 0 Å². The van der Waals surface area contributed by atoms with Gasteiger partial charge in [0.2, 0.25) is 0 Å². The van der Waals surface area contributed by atoms with Crippen LogP contribution in [-0.4, -0.2) is 4.57 Å². The minimum atomic E-state index is 1.16. The minimum absolute atomic E-state index is 1.16. The fourth-order valence-corrected chi connectivity index (χ4v) is 3.05. The predicted molar refractivity (Wildman–Crippen MR) is 93.3 cm³/mol. The standard InChI is InChI=1S/C20H31N2/c1-3-4-5-6-7-8-9-13-16-20-21(2)17-18-22(20)19-14-11-10-12-15-19/h10-12,14-15,17-18H,3-9,13,16H2,1-2H3/q+1. The summed E-state index contributed by atoms with van der Waals surface area (Å²) >= 11 is 0. The lowest BCUT2D eigenvalue weighted by molar-refractivity contribution is -0.678. The Morgan fingerprint density at radius 2 is 1.50 bits per heavy atom. The second-order valence-corrected chi connectivity index (χ2v) is 6.26. The maximum Gasteiger partial charge on any atom is 0.261 e. The number of aromatic nitrogens is 2. The van der Waals surface area contributed by atoms with Crippen molar-refractivity contribution in [2.24, 2.45) is 7.05 Å². The van der Waals surface area contributed by atoms with E-state index in [1.807, 2.05) is 0 Å². The zero-order chi connectivity index (χ0) is 15.6. The summed E-state index contributed by atoms with van der Waals surface area (Å²) in [5, 5.41) is 0. The highest BCUT2D eigenvalue weighted by atomic mass is 15.1. The lowest BCUT2D eigenvalue weighted by Gasteiger charge is -2.03. The molecule has 1 heterocycles. The molecule has 0 fully saturated rings. The third-order valence-electron chi connectivity index (χ3n) is 4.41. The van der Waals surface area contributed by atoms with Gasteiger partial charge in [0.15, 0.2) is 0 Å². The van der Waals surface area contributed by atoms with Gasteiger partial charge in [-0.2, -0.15) is 4.57 Å². The number of hydrogen-bond acceptors (Lipinski definition) is 0. The predicted octanol–water partition coefficient (Wildman–Crippen LogP) is 4.99. The zero-order valence-electron chi connectivity index (χ0n) is 14.3. The van der Waals surface area contributed by atoms with Crippen molar-refractivity contribution in [1.29, 1.82) is 0 Å². The molecule has 0 aliphatic carbocycles. The van der Waals surface area contributed by atoms with Gasteiger partial charge in [0.05, 0.1) is 7.05 Å². The van der Waals surface area contributed by atoms with Crippen LogP contribution in [-0.2, 0) is 13.5 Å². The molecule has 0 amide bonds. The number of imidazole rings is 1. The van der Waals surface area contributed by atoms with Gasteiger partial charge in [0, 0.05) is 6.42 Å². The summed E-state index contributed by atoms with van der Waals surface area (Å²) in [5.41, 5.74) is 1.26. The van der Waals surface area contributed by atoms with Crippen molar-refractivity contribution in [3.63, 3.8) is 0 Å².